The lowest BCUT2D eigenvalue weighted by atomic mass is 10.2. The van der Waals surface area contributed by atoms with Crippen LogP contribution in [-0.2, 0) is 0 Å². The van der Waals surface area contributed by atoms with Crippen molar-refractivity contribution in [2.75, 3.05) is 5.32 Å². The minimum atomic E-state index is -0.284. The Labute approximate surface area is 136 Å². The van der Waals surface area contributed by atoms with Gasteiger partial charge in [-0.1, -0.05) is 6.07 Å². The Morgan fingerprint density at radius 1 is 1.39 bits per heavy atom. The fraction of sp³-hybridized carbons (Fsp3) is 0.333. The number of nitrogens with one attached hydrogen (secondary N) is 2. The predicted octanol–water partition coefficient (Wildman–Crippen LogP) is 2.77. The molecule has 0 aliphatic heterocycles. The predicted molar refractivity (Wildman–Crippen MR) is 87.5 cm³/mol. The summed E-state index contributed by atoms with van der Waals surface area (Å²) in [6, 6.07) is 5.26. The van der Waals surface area contributed by atoms with E-state index < -0.39 is 0 Å². The standard InChI is InChI=1S/C15H16N6OS/c1-9-8-23-13(16-9)12(10-5-6-10)17-15(22)18-14-20-19-11-4-2-3-7-21(11)14/h2-4,7-8,10,12H,5-6H2,1H3,(H2,17,18,20,22)/t12-/m1/s1. The molecule has 4 rings (SSSR count). The monoisotopic (exact) mass is 328 g/mol. The number of thiazole rings is 1. The van der Waals surface area contributed by atoms with E-state index in [-0.39, 0.29) is 12.1 Å². The Bertz CT molecular complexity index is 852. The highest BCUT2D eigenvalue weighted by Gasteiger charge is 2.35. The molecule has 7 nitrogen and oxygen atoms in total. The van der Waals surface area contributed by atoms with Gasteiger partial charge in [0, 0.05) is 17.3 Å². The normalized spacial score (nSPS) is 15.5. The number of anilines is 1. The average molecular weight is 328 g/mol. The van der Waals surface area contributed by atoms with Crippen molar-refractivity contribution in [1.29, 1.82) is 0 Å². The van der Waals surface area contributed by atoms with E-state index in [0.29, 0.717) is 17.5 Å². The summed E-state index contributed by atoms with van der Waals surface area (Å²) in [5, 5.41) is 16.8. The van der Waals surface area contributed by atoms with Crippen LogP contribution in [0, 0.1) is 12.8 Å². The molecular formula is C15H16N6OS. The van der Waals surface area contributed by atoms with Crippen LogP contribution >= 0.6 is 11.3 Å². The molecule has 1 fully saturated rings. The molecule has 3 aromatic rings. The van der Waals surface area contributed by atoms with Gasteiger partial charge in [-0.2, -0.15) is 0 Å². The molecule has 3 aromatic heterocycles. The van der Waals surface area contributed by atoms with E-state index in [1.807, 2.05) is 36.7 Å². The second-order valence-corrected chi connectivity index (χ2v) is 6.58. The topological polar surface area (TPSA) is 84.2 Å². The van der Waals surface area contributed by atoms with Gasteiger partial charge >= 0.3 is 6.03 Å². The molecule has 0 radical (unpaired) electrons. The number of carbonyl (C=O) groups is 1. The van der Waals surface area contributed by atoms with Crippen LogP contribution in [0.2, 0.25) is 0 Å². The summed E-state index contributed by atoms with van der Waals surface area (Å²) in [5.74, 6) is 0.879. The van der Waals surface area contributed by atoms with Gasteiger partial charge in [0.05, 0.1) is 6.04 Å². The molecule has 23 heavy (non-hydrogen) atoms. The number of fused-ring (bicyclic) bond motifs is 1. The van der Waals surface area contributed by atoms with E-state index in [2.05, 4.69) is 25.8 Å². The number of aromatic nitrogens is 4. The number of carbonyl (C=O) groups excluding carboxylic acids is 1. The number of nitrogens with zero attached hydrogens (tertiary/aromatic N) is 4. The number of hydrogen-bond donors (Lipinski definition) is 2. The van der Waals surface area contributed by atoms with Crippen LogP contribution in [0.15, 0.2) is 29.8 Å². The highest BCUT2D eigenvalue weighted by Crippen LogP contribution is 2.41. The maximum atomic E-state index is 12.4. The number of rotatable bonds is 4. The largest absolute Gasteiger partial charge is 0.328 e. The van der Waals surface area contributed by atoms with Crippen molar-refractivity contribution in [3.8, 4) is 0 Å². The minimum Gasteiger partial charge on any atom is -0.328 e. The van der Waals surface area contributed by atoms with Gasteiger partial charge < -0.3 is 5.32 Å². The molecule has 1 aliphatic carbocycles. The molecule has 8 heteroatoms. The summed E-state index contributed by atoms with van der Waals surface area (Å²) < 4.78 is 1.74. The summed E-state index contributed by atoms with van der Waals surface area (Å²) in [6.45, 7) is 1.96. The van der Waals surface area contributed by atoms with Gasteiger partial charge in [0.1, 0.15) is 5.01 Å². The van der Waals surface area contributed by atoms with Gasteiger partial charge in [-0.15, -0.1) is 21.5 Å². The van der Waals surface area contributed by atoms with Gasteiger partial charge in [0.2, 0.25) is 5.95 Å². The summed E-state index contributed by atoms with van der Waals surface area (Å²) in [4.78, 5) is 16.9. The smallest absolute Gasteiger partial charge is 0.322 e. The molecule has 1 atom stereocenters. The van der Waals surface area contributed by atoms with E-state index in [4.69, 9.17) is 0 Å². The quantitative estimate of drug-likeness (QED) is 0.771. The molecule has 2 amide bonds. The Balaban J connectivity index is 1.50. The zero-order valence-electron chi connectivity index (χ0n) is 12.6. The summed E-state index contributed by atoms with van der Waals surface area (Å²) in [5.41, 5.74) is 1.68. The van der Waals surface area contributed by atoms with Crippen LogP contribution in [0.4, 0.5) is 10.7 Å². The highest BCUT2D eigenvalue weighted by molar-refractivity contribution is 7.09. The molecule has 0 aromatic carbocycles. The molecule has 1 saturated carbocycles. The Morgan fingerprint density at radius 3 is 3.00 bits per heavy atom. The van der Waals surface area contributed by atoms with Crippen molar-refractivity contribution in [3.05, 3.63) is 40.5 Å². The van der Waals surface area contributed by atoms with Gasteiger partial charge in [0.15, 0.2) is 5.65 Å². The number of amides is 2. The Kier molecular flexibility index (Phi) is 3.45. The zero-order chi connectivity index (χ0) is 15.8. The first-order chi connectivity index (χ1) is 11.2. The van der Waals surface area contributed by atoms with Crippen LogP contribution in [-0.4, -0.2) is 25.6 Å². The van der Waals surface area contributed by atoms with Crippen LogP contribution < -0.4 is 10.6 Å². The first kappa shape index (κ1) is 14.1. The third kappa shape index (κ3) is 2.89. The van der Waals surface area contributed by atoms with Gasteiger partial charge in [-0.05, 0) is 37.8 Å². The maximum absolute atomic E-state index is 12.4. The van der Waals surface area contributed by atoms with Gasteiger partial charge in [-0.25, -0.2) is 9.78 Å². The first-order valence-corrected chi connectivity index (χ1v) is 8.38. The second kappa shape index (κ2) is 5.62. The summed E-state index contributed by atoms with van der Waals surface area (Å²) in [7, 11) is 0. The van der Waals surface area contributed by atoms with Gasteiger partial charge in [0.25, 0.3) is 0 Å². The molecule has 0 spiro atoms. The van der Waals surface area contributed by atoms with Gasteiger partial charge in [-0.3, -0.25) is 9.72 Å². The van der Waals surface area contributed by atoms with E-state index in [0.717, 1.165) is 23.5 Å². The van der Waals surface area contributed by atoms with E-state index in [1.54, 1.807) is 15.7 Å². The summed E-state index contributed by atoms with van der Waals surface area (Å²) >= 11 is 1.59. The SMILES string of the molecule is Cc1csc([C@H](NC(=O)Nc2nnc3ccccn23)C2CC2)n1. The Hall–Kier alpha value is -2.48. The van der Waals surface area contributed by atoms with Crippen LogP contribution in [0.1, 0.15) is 29.6 Å². The first-order valence-electron chi connectivity index (χ1n) is 7.50. The maximum Gasteiger partial charge on any atom is 0.322 e. The lowest BCUT2D eigenvalue weighted by Gasteiger charge is -2.15. The second-order valence-electron chi connectivity index (χ2n) is 5.69. The van der Waals surface area contributed by atoms with Crippen molar-refractivity contribution in [3.63, 3.8) is 0 Å². The fourth-order valence-corrected chi connectivity index (χ4v) is 3.47. The number of aryl methyl sites for hydroxylation is 1. The van der Waals surface area contributed by atoms with E-state index >= 15 is 0 Å². The highest BCUT2D eigenvalue weighted by atomic mass is 32.1. The fourth-order valence-electron chi connectivity index (χ4n) is 2.53. The third-order valence-corrected chi connectivity index (χ3v) is 4.87. The van der Waals surface area contributed by atoms with Crippen LogP contribution in [0.3, 0.4) is 0 Å². The summed E-state index contributed by atoms with van der Waals surface area (Å²) in [6.07, 6.45) is 4.06. The molecule has 0 unspecified atom stereocenters. The number of hydrogen-bond acceptors (Lipinski definition) is 5. The number of pyridine rings is 1. The van der Waals surface area contributed by atoms with E-state index in [1.165, 1.54) is 0 Å². The van der Waals surface area contributed by atoms with E-state index in [9.17, 15) is 4.79 Å². The molecule has 3 heterocycles. The molecule has 1 aliphatic rings. The molecule has 0 bridgehead atoms. The minimum absolute atomic E-state index is 0.0344. The molecular weight excluding hydrogens is 312 g/mol. The lowest BCUT2D eigenvalue weighted by molar-refractivity contribution is 0.247. The van der Waals surface area contributed by atoms with Crippen molar-refractivity contribution in [1.82, 2.24) is 24.9 Å². The lowest BCUT2D eigenvalue weighted by Crippen LogP contribution is -2.34. The van der Waals surface area contributed by atoms with Crippen LogP contribution in [0.25, 0.3) is 5.65 Å². The third-order valence-electron chi connectivity index (χ3n) is 3.82. The molecule has 0 saturated heterocycles. The average Bonchev–Trinajstić information content (AvgIpc) is 3.18. The zero-order valence-corrected chi connectivity index (χ0v) is 13.4. The van der Waals surface area contributed by atoms with Crippen molar-refractivity contribution in [2.24, 2.45) is 5.92 Å². The van der Waals surface area contributed by atoms with Crippen molar-refractivity contribution in [2.45, 2.75) is 25.8 Å². The molecule has 118 valence electrons. The molecule has 2 N–H and O–H groups in total. The van der Waals surface area contributed by atoms with Crippen LogP contribution in [0.5, 0.6) is 0 Å². The Morgan fingerprint density at radius 2 is 2.26 bits per heavy atom. The van der Waals surface area contributed by atoms with Crippen molar-refractivity contribution >= 4 is 29.0 Å². The van der Waals surface area contributed by atoms with Crippen molar-refractivity contribution < 1.29 is 4.79 Å². The number of urea groups is 1.